The van der Waals surface area contributed by atoms with E-state index < -0.39 is 4.08 Å². The van der Waals surface area contributed by atoms with Crippen LogP contribution < -0.4 is 0 Å². The van der Waals surface area contributed by atoms with Crippen molar-refractivity contribution in [3.63, 3.8) is 0 Å². The molecule has 0 atom stereocenters. The van der Waals surface area contributed by atoms with Gasteiger partial charge in [-0.2, -0.15) is 0 Å². The minimum Gasteiger partial charge on any atom is -0.452 e. The van der Waals surface area contributed by atoms with Gasteiger partial charge in [-0.05, 0) is 29.7 Å². The molecule has 0 aromatic heterocycles. The van der Waals surface area contributed by atoms with Crippen molar-refractivity contribution in [2.24, 2.45) is 0 Å². The van der Waals surface area contributed by atoms with Gasteiger partial charge in [-0.1, -0.05) is 91.0 Å². The fraction of sp³-hybridized carbons (Fsp3) is 0.103. The molecule has 0 fully saturated rings. The van der Waals surface area contributed by atoms with Gasteiger partial charge in [0.05, 0.1) is 5.57 Å². The van der Waals surface area contributed by atoms with E-state index in [1.54, 1.807) is 47.8 Å². The van der Waals surface area contributed by atoms with Crippen molar-refractivity contribution in [2.45, 2.75) is 17.9 Å². The number of carbonyl (C=O) groups is 2. The fourth-order valence-corrected chi connectivity index (χ4v) is 7.26. The monoisotopic (exact) mass is 482 g/mol. The second-order valence-corrected chi connectivity index (χ2v) is 11.2. The molecule has 5 rings (SSSR count). The summed E-state index contributed by atoms with van der Waals surface area (Å²) in [6.45, 7) is 4.10. The lowest BCUT2D eigenvalue weighted by atomic mass is 9.93. The zero-order valence-corrected chi connectivity index (χ0v) is 20.4. The topological polar surface area (TPSA) is 43.4 Å². The van der Waals surface area contributed by atoms with Gasteiger partial charge < -0.3 is 4.74 Å². The summed E-state index contributed by atoms with van der Waals surface area (Å²) in [7, 11) is 0. The van der Waals surface area contributed by atoms with Crippen LogP contribution in [-0.2, 0) is 4.74 Å². The molecule has 34 heavy (non-hydrogen) atoms. The Hall–Kier alpha value is -3.28. The van der Waals surface area contributed by atoms with Crippen LogP contribution in [0.5, 0.6) is 0 Å². The van der Waals surface area contributed by atoms with Crippen molar-refractivity contribution in [3.8, 4) is 0 Å². The quantitative estimate of drug-likeness (QED) is 0.352. The molecule has 3 aromatic rings. The summed E-state index contributed by atoms with van der Waals surface area (Å²) in [5, 5.41) is 0. The van der Waals surface area contributed by atoms with E-state index in [1.807, 2.05) is 72.8 Å². The maximum absolute atomic E-state index is 14.0. The number of carbonyl (C=O) groups excluding carboxylic acids is 2. The molecule has 0 aliphatic carbocycles. The van der Waals surface area contributed by atoms with Crippen LogP contribution in [0.15, 0.2) is 118 Å². The van der Waals surface area contributed by atoms with Gasteiger partial charge in [0.25, 0.3) is 0 Å². The normalized spacial score (nSPS) is 16.9. The second kappa shape index (κ2) is 9.16. The van der Waals surface area contributed by atoms with Crippen LogP contribution in [-0.4, -0.2) is 15.6 Å². The Kier molecular flexibility index (Phi) is 6.07. The highest BCUT2D eigenvalue weighted by atomic mass is 32.2. The predicted octanol–water partition coefficient (Wildman–Crippen LogP) is 7.51. The summed E-state index contributed by atoms with van der Waals surface area (Å²) >= 11 is 3.20. The van der Waals surface area contributed by atoms with Gasteiger partial charge in [0.1, 0.15) is 9.84 Å². The van der Waals surface area contributed by atoms with Crippen molar-refractivity contribution in [3.05, 3.63) is 135 Å². The largest absolute Gasteiger partial charge is 0.452 e. The molecule has 1 spiro atoms. The highest BCUT2D eigenvalue weighted by Crippen LogP contribution is 2.61. The summed E-state index contributed by atoms with van der Waals surface area (Å²) in [4.78, 5) is 30.1. The lowest BCUT2D eigenvalue weighted by Crippen LogP contribution is -2.32. The minimum absolute atomic E-state index is 0.0870. The van der Waals surface area contributed by atoms with Gasteiger partial charge in [-0.3, -0.25) is 9.59 Å². The molecule has 2 aliphatic rings. The van der Waals surface area contributed by atoms with E-state index in [0.717, 1.165) is 15.4 Å². The number of benzene rings is 3. The zero-order chi connectivity index (χ0) is 23.7. The van der Waals surface area contributed by atoms with E-state index >= 15 is 0 Å². The molecule has 0 saturated carbocycles. The molecule has 3 nitrogen and oxygen atoms in total. The average Bonchev–Trinajstić information content (AvgIpc) is 3.16. The summed E-state index contributed by atoms with van der Waals surface area (Å²) in [5.41, 5.74) is 2.24. The van der Waals surface area contributed by atoms with Crippen molar-refractivity contribution in [2.75, 3.05) is 0 Å². The van der Waals surface area contributed by atoms with E-state index in [-0.39, 0.29) is 17.3 Å². The van der Waals surface area contributed by atoms with Gasteiger partial charge in [0, 0.05) is 16.7 Å². The molecule has 0 saturated heterocycles. The lowest BCUT2D eigenvalue weighted by molar-refractivity contribution is 0.0946. The standard InChI is InChI=1S/C29H22O3S2/c1-19-20(2)34-29(33-19)18-24(21-12-6-3-7-13-21)32-28(27(31)23-16-10-5-11-17-23)25(29)26(30)22-14-8-4-9-15-22/h3-18H,1-2H3. The maximum atomic E-state index is 14.0. The number of hydrogen-bond donors (Lipinski definition) is 0. The van der Waals surface area contributed by atoms with Crippen LogP contribution in [0.2, 0.25) is 0 Å². The molecule has 3 aromatic carbocycles. The third-order valence-corrected chi connectivity index (χ3v) is 8.88. The van der Waals surface area contributed by atoms with Crippen molar-refractivity contribution in [1.82, 2.24) is 0 Å². The number of allylic oxidation sites excluding steroid dienone is 3. The van der Waals surface area contributed by atoms with Crippen LogP contribution in [0.25, 0.3) is 5.76 Å². The highest BCUT2D eigenvalue weighted by molar-refractivity contribution is 8.25. The number of rotatable bonds is 5. The molecule has 2 aliphatic heterocycles. The molecule has 168 valence electrons. The van der Waals surface area contributed by atoms with Crippen LogP contribution in [0.1, 0.15) is 40.1 Å². The SMILES string of the molecule is CC1=C(C)SC2(C=C(c3ccccc3)OC(C(=O)c3ccccc3)=C2C(=O)c2ccccc2)S1. The van der Waals surface area contributed by atoms with Crippen molar-refractivity contribution in [1.29, 1.82) is 0 Å². The molecule has 0 amide bonds. The van der Waals surface area contributed by atoms with E-state index in [9.17, 15) is 9.59 Å². The molecule has 0 N–H and O–H groups in total. The molecular formula is C29H22O3S2. The first-order valence-corrected chi connectivity index (χ1v) is 12.6. The van der Waals surface area contributed by atoms with Gasteiger partial charge in [-0.15, -0.1) is 23.5 Å². The number of ketones is 2. The molecule has 2 heterocycles. The van der Waals surface area contributed by atoms with Crippen LogP contribution >= 0.6 is 23.5 Å². The zero-order valence-electron chi connectivity index (χ0n) is 18.8. The van der Waals surface area contributed by atoms with Gasteiger partial charge in [-0.25, -0.2) is 0 Å². The number of hydrogen-bond acceptors (Lipinski definition) is 5. The first-order chi connectivity index (χ1) is 16.5. The first-order valence-electron chi connectivity index (χ1n) is 10.9. The van der Waals surface area contributed by atoms with E-state index in [4.69, 9.17) is 4.74 Å². The van der Waals surface area contributed by atoms with Crippen molar-refractivity contribution >= 4 is 40.8 Å². The maximum Gasteiger partial charge on any atom is 0.228 e. The third kappa shape index (κ3) is 4.06. The Morgan fingerprint density at radius 1 is 0.676 bits per heavy atom. The number of ether oxygens (including phenoxy) is 1. The predicted molar refractivity (Wildman–Crippen MR) is 140 cm³/mol. The first kappa shape index (κ1) is 22.5. The molecule has 0 unspecified atom stereocenters. The lowest BCUT2D eigenvalue weighted by Gasteiger charge is -2.34. The molecule has 5 heteroatoms. The summed E-state index contributed by atoms with van der Waals surface area (Å²) in [5.74, 6) is 0.158. The third-order valence-electron chi connectivity index (χ3n) is 5.78. The minimum atomic E-state index is -0.801. The van der Waals surface area contributed by atoms with Crippen LogP contribution in [0.4, 0.5) is 0 Å². The number of thioether (sulfide) groups is 2. The smallest absolute Gasteiger partial charge is 0.228 e. The van der Waals surface area contributed by atoms with Crippen molar-refractivity contribution < 1.29 is 14.3 Å². The highest BCUT2D eigenvalue weighted by Gasteiger charge is 2.49. The Morgan fingerprint density at radius 3 is 1.68 bits per heavy atom. The summed E-state index contributed by atoms with van der Waals surface area (Å²) < 4.78 is 5.53. The fourth-order valence-electron chi connectivity index (χ4n) is 3.99. The average molecular weight is 483 g/mol. The van der Waals surface area contributed by atoms with Gasteiger partial charge in [0.2, 0.25) is 5.78 Å². The van der Waals surface area contributed by atoms with Gasteiger partial charge >= 0.3 is 0 Å². The summed E-state index contributed by atoms with van der Waals surface area (Å²) in [6, 6.07) is 27.8. The summed E-state index contributed by atoms with van der Waals surface area (Å²) in [6.07, 6.45) is 2.00. The van der Waals surface area contributed by atoms with E-state index in [1.165, 1.54) is 0 Å². The van der Waals surface area contributed by atoms with Crippen LogP contribution in [0.3, 0.4) is 0 Å². The van der Waals surface area contributed by atoms with E-state index in [0.29, 0.717) is 22.5 Å². The molecular weight excluding hydrogens is 460 g/mol. The number of Topliss-reactive ketones (excluding diaryl/α,β-unsaturated/α-hetero) is 2. The molecule has 0 radical (unpaired) electrons. The molecule has 0 bridgehead atoms. The second-order valence-electron chi connectivity index (χ2n) is 8.06. The van der Waals surface area contributed by atoms with Gasteiger partial charge in [0.15, 0.2) is 11.5 Å². The Morgan fingerprint density at radius 2 is 1.15 bits per heavy atom. The van der Waals surface area contributed by atoms with E-state index in [2.05, 4.69) is 13.8 Å². The van der Waals surface area contributed by atoms with Crippen LogP contribution in [0, 0.1) is 0 Å². The Labute approximate surface area is 207 Å². The Bertz CT molecular complexity index is 1340. The Balaban J connectivity index is 1.74.